The highest BCUT2D eigenvalue weighted by Gasteiger charge is 2.36. The van der Waals surface area contributed by atoms with E-state index in [0.717, 1.165) is 34.3 Å². The zero-order chi connectivity index (χ0) is 16.7. The van der Waals surface area contributed by atoms with Gasteiger partial charge in [0.05, 0.1) is 17.2 Å². The van der Waals surface area contributed by atoms with E-state index < -0.39 is 0 Å². The summed E-state index contributed by atoms with van der Waals surface area (Å²) in [6, 6.07) is 3.75. The van der Waals surface area contributed by atoms with Gasteiger partial charge in [-0.05, 0) is 37.8 Å². The van der Waals surface area contributed by atoms with Gasteiger partial charge in [0.15, 0.2) is 0 Å². The monoisotopic (exact) mass is 346 g/mol. The number of hydrogen-bond donors (Lipinski definition) is 0. The largest absolute Gasteiger partial charge is 0.382 e. The van der Waals surface area contributed by atoms with E-state index in [9.17, 15) is 4.79 Å². The molecule has 0 saturated heterocycles. The van der Waals surface area contributed by atoms with Crippen molar-refractivity contribution in [2.24, 2.45) is 5.92 Å². The Hall–Kier alpha value is -1.73. The van der Waals surface area contributed by atoms with E-state index in [1.54, 1.807) is 7.11 Å². The minimum Gasteiger partial charge on any atom is -0.382 e. The number of amides is 1. The maximum absolute atomic E-state index is 12.9. The first kappa shape index (κ1) is 15.8. The summed E-state index contributed by atoms with van der Waals surface area (Å²) < 4.78 is 7.44. The van der Waals surface area contributed by atoms with Gasteiger partial charge in [-0.3, -0.25) is 4.79 Å². The van der Waals surface area contributed by atoms with Gasteiger partial charge >= 0.3 is 0 Å². The molecule has 4 rings (SSSR count). The maximum atomic E-state index is 12.9. The van der Waals surface area contributed by atoms with Crippen molar-refractivity contribution in [2.75, 3.05) is 20.3 Å². The molecule has 1 fully saturated rings. The van der Waals surface area contributed by atoms with Gasteiger partial charge in [0.25, 0.3) is 5.91 Å². The van der Waals surface area contributed by atoms with Gasteiger partial charge in [0.2, 0.25) is 0 Å². The lowest BCUT2D eigenvalue weighted by molar-refractivity contribution is 0.0494. The standard InChI is InChI=1S/C17H22N4O2S/c1-11-3-6-15(24-11)17(22)20-8-7-13-16(14(20)10-23-2)18-19-21(13)9-12-4-5-12/h3,6,12,14H,4-5,7-10H2,1-2H3. The molecule has 1 amide bonds. The number of thiophene rings is 1. The van der Waals surface area contributed by atoms with Crippen LogP contribution in [0, 0.1) is 12.8 Å². The third kappa shape index (κ3) is 2.86. The van der Waals surface area contributed by atoms with E-state index in [0.29, 0.717) is 13.2 Å². The van der Waals surface area contributed by atoms with E-state index in [1.165, 1.54) is 29.9 Å². The second kappa shape index (κ2) is 6.29. The molecule has 2 aromatic rings. The molecule has 1 unspecified atom stereocenters. The Labute approximate surface area is 145 Å². The molecule has 0 bridgehead atoms. The second-order valence-corrected chi connectivity index (χ2v) is 7.96. The van der Waals surface area contributed by atoms with Crippen molar-refractivity contribution in [2.45, 2.75) is 38.8 Å². The van der Waals surface area contributed by atoms with E-state index in [2.05, 4.69) is 10.3 Å². The Morgan fingerprint density at radius 2 is 2.25 bits per heavy atom. The molecular formula is C17H22N4O2S. The summed E-state index contributed by atoms with van der Waals surface area (Å²) in [5.74, 6) is 0.822. The zero-order valence-electron chi connectivity index (χ0n) is 14.1. The SMILES string of the molecule is COCC1c2nnn(CC3CC3)c2CCN1C(=O)c1ccc(C)s1. The molecule has 2 aromatic heterocycles. The molecule has 1 atom stereocenters. The number of aromatic nitrogens is 3. The fraction of sp³-hybridized carbons (Fsp3) is 0.588. The van der Waals surface area contributed by atoms with Crippen LogP contribution in [0.15, 0.2) is 12.1 Å². The van der Waals surface area contributed by atoms with Gasteiger partial charge in [-0.1, -0.05) is 5.21 Å². The third-order valence-corrected chi connectivity index (χ3v) is 5.80. The van der Waals surface area contributed by atoms with Gasteiger partial charge in [-0.15, -0.1) is 16.4 Å². The molecule has 7 heteroatoms. The summed E-state index contributed by atoms with van der Waals surface area (Å²) in [5.41, 5.74) is 2.08. The fourth-order valence-corrected chi connectivity index (χ4v) is 4.17. The Kier molecular flexibility index (Phi) is 4.14. The van der Waals surface area contributed by atoms with Crippen molar-refractivity contribution < 1.29 is 9.53 Å². The van der Waals surface area contributed by atoms with Crippen molar-refractivity contribution in [3.8, 4) is 0 Å². The Morgan fingerprint density at radius 3 is 2.92 bits per heavy atom. The molecule has 128 valence electrons. The lowest BCUT2D eigenvalue weighted by Crippen LogP contribution is -2.42. The molecule has 0 aromatic carbocycles. The van der Waals surface area contributed by atoms with Crippen LogP contribution in [0.1, 0.15) is 44.8 Å². The highest BCUT2D eigenvalue weighted by atomic mass is 32.1. The van der Waals surface area contributed by atoms with Crippen LogP contribution in [0.25, 0.3) is 0 Å². The molecule has 1 aliphatic carbocycles. The minimum atomic E-state index is -0.151. The number of fused-ring (bicyclic) bond motifs is 1. The molecule has 0 radical (unpaired) electrons. The van der Waals surface area contributed by atoms with Crippen LogP contribution < -0.4 is 0 Å². The Bertz CT molecular complexity index is 750. The number of ether oxygens (including phenoxy) is 1. The summed E-state index contributed by atoms with van der Waals surface area (Å²) in [7, 11) is 1.67. The maximum Gasteiger partial charge on any atom is 0.264 e. The molecular weight excluding hydrogens is 324 g/mol. The Morgan fingerprint density at radius 1 is 1.42 bits per heavy atom. The van der Waals surface area contributed by atoms with Crippen molar-refractivity contribution >= 4 is 17.2 Å². The normalized spacial score (nSPS) is 20.2. The van der Waals surface area contributed by atoms with Gasteiger partial charge in [-0.2, -0.15) is 0 Å². The quantitative estimate of drug-likeness (QED) is 0.834. The van der Waals surface area contributed by atoms with Crippen molar-refractivity contribution in [1.29, 1.82) is 0 Å². The lowest BCUT2D eigenvalue weighted by Gasteiger charge is -2.34. The third-order valence-electron chi connectivity index (χ3n) is 4.81. The summed E-state index contributed by atoms with van der Waals surface area (Å²) in [6.45, 7) is 4.12. The Balaban J connectivity index is 1.62. The summed E-state index contributed by atoms with van der Waals surface area (Å²) in [6.07, 6.45) is 3.39. The van der Waals surface area contributed by atoms with E-state index in [4.69, 9.17) is 4.74 Å². The molecule has 1 aliphatic heterocycles. The molecule has 3 heterocycles. The van der Waals surface area contributed by atoms with Gasteiger partial charge < -0.3 is 9.64 Å². The van der Waals surface area contributed by atoms with E-state index in [-0.39, 0.29) is 11.9 Å². The zero-order valence-corrected chi connectivity index (χ0v) is 14.9. The summed E-state index contributed by atoms with van der Waals surface area (Å²) in [5, 5.41) is 8.77. The highest BCUT2D eigenvalue weighted by molar-refractivity contribution is 7.13. The number of methoxy groups -OCH3 is 1. The van der Waals surface area contributed by atoms with E-state index >= 15 is 0 Å². The van der Waals surface area contributed by atoms with Crippen molar-refractivity contribution in [1.82, 2.24) is 19.9 Å². The van der Waals surface area contributed by atoms with Crippen LogP contribution in [0.2, 0.25) is 0 Å². The molecule has 2 aliphatic rings. The number of carbonyl (C=O) groups is 1. The predicted molar refractivity (Wildman–Crippen MR) is 91.2 cm³/mol. The predicted octanol–water partition coefficient (Wildman–Crippen LogP) is 2.44. The van der Waals surface area contributed by atoms with Crippen LogP contribution in [0.3, 0.4) is 0 Å². The van der Waals surface area contributed by atoms with Crippen molar-refractivity contribution in [3.05, 3.63) is 33.3 Å². The fourth-order valence-electron chi connectivity index (χ4n) is 3.34. The number of rotatable bonds is 5. The number of aryl methyl sites for hydroxylation is 1. The van der Waals surface area contributed by atoms with Crippen molar-refractivity contribution in [3.63, 3.8) is 0 Å². The first-order valence-corrected chi connectivity index (χ1v) is 9.27. The van der Waals surface area contributed by atoms with Crippen LogP contribution in [0.4, 0.5) is 0 Å². The number of nitrogens with zero attached hydrogens (tertiary/aromatic N) is 4. The lowest BCUT2D eigenvalue weighted by atomic mass is 10.0. The second-order valence-electron chi connectivity index (χ2n) is 6.68. The average Bonchev–Trinajstić information content (AvgIpc) is 3.13. The van der Waals surface area contributed by atoms with Gasteiger partial charge in [0, 0.05) is 31.5 Å². The van der Waals surface area contributed by atoms with Crippen LogP contribution in [-0.4, -0.2) is 46.1 Å². The number of hydrogen-bond acceptors (Lipinski definition) is 5. The molecule has 0 N–H and O–H groups in total. The first-order valence-electron chi connectivity index (χ1n) is 8.46. The van der Waals surface area contributed by atoms with Crippen LogP contribution in [0.5, 0.6) is 0 Å². The molecule has 1 saturated carbocycles. The average molecular weight is 346 g/mol. The van der Waals surface area contributed by atoms with Crippen LogP contribution >= 0.6 is 11.3 Å². The van der Waals surface area contributed by atoms with Crippen LogP contribution in [-0.2, 0) is 17.7 Å². The molecule has 6 nitrogen and oxygen atoms in total. The topological polar surface area (TPSA) is 60.3 Å². The van der Waals surface area contributed by atoms with E-state index in [1.807, 2.05) is 28.6 Å². The summed E-state index contributed by atoms with van der Waals surface area (Å²) in [4.78, 5) is 16.8. The van der Waals surface area contributed by atoms with Gasteiger partial charge in [0.1, 0.15) is 11.7 Å². The number of carbonyl (C=O) groups excluding carboxylic acids is 1. The first-order chi connectivity index (χ1) is 11.7. The van der Waals surface area contributed by atoms with Gasteiger partial charge in [-0.25, -0.2) is 4.68 Å². The smallest absolute Gasteiger partial charge is 0.264 e. The minimum absolute atomic E-state index is 0.0672. The molecule has 0 spiro atoms. The summed E-state index contributed by atoms with van der Waals surface area (Å²) >= 11 is 1.54. The highest BCUT2D eigenvalue weighted by Crippen LogP contribution is 2.34. The molecule has 24 heavy (non-hydrogen) atoms.